The molecule has 0 radical (unpaired) electrons. The molecule has 110 valence electrons. The van der Waals surface area contributed by atoms with Crippen LogP contribution in [0.1, 0.15) is 19.8 Å². The third-order valence-electron chi connectivity index (χ3n) is 2.59. The first-order chi connectivity index (χ1) is 9.43. The number of hydrogen-bond acceptors (Lipinski definition) is 3. The number of hydrogen-bond donors (Lipinski definition) is 3. The highest BCUT2D eigenvalue weighted by atomic mass is 79.9. The molecule has 0 aliphatic carbocycles. The van der Waals surface area contributed by atoms with E-state index in [0.717, 1.165) is 10.9 Å². The number of aliphatic carboxylic acids is 1. The number of halogens is 2. The minimum Gasteiger partial charge on any atom is -0.480 e. The Hall–Kier alpha value is -1.11. The molecular weight excluding hydrogens is 348 g/mol. The molecule has 20 heavy (non-hydrogen) atoms. The van der Waals surface area contributed by atoms with Crippen molar-refractivity contribution in [3.8, 4) is 0 Å². The molecule has 0 spiro atoms. The number of nitrogens with one attached hydrogen (secondary N) is 2. The van der Waals surface area contributed by atoms with Crippen LogP contribution >= 0.6 is 27.5 Å². The van der Waals surface area contributed by atoms with Crippen molar-refractivity contribution >= 4 is 45.1 Å². The molecule has 0 saturated carbocycles. The standard InChI is InChI=1S/C13H16BrClN2O3/c1-2-3-11(13(19)20)16-7-12(18)17-10-5-4-8(14)6-9(10)15/h4-6,11,16H,2-3,7H2,1H3,(H,17,18)(H,19,20). The Balaban J connectivity index is 2.53. The van der Waals surface area contributed by atoms with E-state index in [1.54, 1.807) is 18.2 Å². The summed E-state index contributed by atoms with van der Waals surface area (Å²) in [5.41, 5.74) is 0.490. The predicted molar refractivity (Wildman–Crippen MR) is 82.1 cm³/mol. The first-order valence-electron chi connectivity index (χ1n) is 6.15. The average Bonchev–Trinajstić information content (AvgIpc) is 2.37. The van der Waals surface area contributed by atoms with Gasteiger partial charge >= 0.3 is 5.97 Å². The lowest BCUT2D eigenvalue weighted by atomic mass is 10.2. The molecule has 0 aliphatic rings. The second-order valence-electron chi connectivity index (χ2n) is 4.23. The number of carboxylic acids is 1. The van der Waals surface area contributed by atoms with Crippen molar-refractivity contribution in [3.05, 3.63) is 27.7 Å². The summed E-state index contributed by atoms with van der Waals surface area (Å²) in [6.07, 6.45) is 1.20. The molecule has 0 bridgehead atoms. The Morgan fingerprint density at radius 2 is 2.15 bits per heavy atom. The summed E-state index contributed by atoms with van der Waals surface area (Å²) in [4.78, 5) is 22.7. The van der Waals surface area contributed by atoms with E-state index in [1.165, 1.54) is 0 Å². The van der Waals surface area contributed by atoms with E-state index < -0.39 is 12.0 Å². The second-order valence-corrected chi connectivity index (χ2v) is 5.56. The molecule has 1 aromatic rings. The van der Waals surface area contributed by atoms with Crippen molar-refractivity contribution < 1.29 is 14.7 Å². The first-order valence-corrected chi connectivity index (χ1v) is 7.32. The molecule has 1 unspecified atom stereocenters. The van der Waals surface area contributed by atoms with Gasteiger partial charge in [-0.1, -0.05) is 40.9 Å². The van der Waals surface area contributed by atoms with Gasteiger partial charge in [-0.15, -0.1) is 0 Å². The van der Waals surface area contributed by atoms with Crippen LogP contribution in [0.15, 0.2) is 22.7 Å². The van der Waals surface area contributed by atoms with Crippen molar-refractivity contribution in [2.24, 2.45) is 0 Å². The lowest BCUT2D eigenvalue weighted by Crippen LogP contribution is -2.41. The number of anilines is 1. The van der Waals surface area contributed by atoms with Gasteiger partial charge in [0.25, 0.3) is 0 Å². The molecule has 0 aliphatic heterocycles. The van der Waals surface area contributed by atoms with Crippen LogP contribution in [0.25, 0.3) is 0 Å². The number of benzene rings is 1. The van der Waals surface area contributed by atoms with Crippen molar-refractivity contribution in [1.82, 2.24) is 5.32 Å². The van der Waals surface area contributed by atoms with E-state index in [-0.39, 0.29) is 12.5 Å². The number of carbonyl (C=O) groups is 2. The fourth-order valence-electron chi connectivity index (χ4n) is 1.60. The summed E-state index contributed by atoms with van der Waals surface area (Å²) in [6.45, 7) is 1.81. The Kier molecular flexibility index (Phi) is 6.98. The summed E-state index contributed by atoms with van der Waals surface area (Å²) >= 11 is 9.25. The molecule has 0 saturated heterocycles. The molecule has 7 heteroatoms. The lowest BCUT2D eigenvalue weighted by Gasteiger charge is -2.13. The SMILES string of the molecule is CCCC(NCC(=O)Nc1ccc(Br)cc1Cl)C(=O)O. The molecule has 5 nitrogen and oxygen atoms in total. The minimum atomic E-state index is -0.957. The van der Waals surface area contributed by atoms with Gasteiger partial charge in [0.1, 0.15) is 6.04 Å². The van der Waals surface area contributed by atoms with Gasteiger partial charge in [-0.05, 0) is 24.6 Å². The van der Waals surface area contributed by atoms with Crippen LogP contribution in [-0.2, 0) is 9.59 Å². The molecule has 1 aromatic carbocycles. The van der Waals surface area contributed by atoms with Gasteiger partial charge in [-0.3, -0.25) is 14.9 Å². The van der Waals surface area contributed by atoms with Gasteiger partial charge in [0.2, 0.25) is 5.91 Å². The fraction of sp³-hybridized carbons (Fsp3) is 0.385. The Morgan fingerprint density at radius 1 is 1.45 bits per heavy atom. The van der Waals surface area contributed by atoms with E-state index in [9.17, 15) is 9.59 Å². The molecule has 1 amide bonds. The highest BCUT2D eigenvalue weighted by molar-refractivity contribution is 9.10. The van der Waals surface area contributed by atoms with Crippen molar-refractivity contribution in [2.75, 3.05) is 11.9 Å². The Morgan fingerprint density at radius 3 is 2.70 bits per heavy atom. The van der Waals surface area contributed by atoms with E-state index in [4.69, 9.17) is 16.7 Å². The summed E-state index contributed by atoms with van der Waals surface area (Å²) in [6, 6.07) is 4.38. The van der Waals surface area contributed by atoms with Gasteiger partial charge < -0.3 is 10.4 Å². The first kappa shape index (κ1) is 16.9. The van der Waals surface area contributed by atoms with Crippen LogP contribution in [0.4, 0.5) is 5.69 Å². The van der Waals surface area contributed by atoms with E-state index in [0.29, 0.717) is 17.1 Å². The second kappa shape index (κ2) is 8.24. The molecule has 1 rings (SSSR count). The number of carbonyl (C=O) groups excluding carboxylic acids is 1. The van der Waals surface area contributed by atoms with Gasteiger partial charge in [0.05, 0.1) is 17.3 Å². The highest BCUT2D eigenvalue weighted by Gasteiger charge is 2.17. The van der Waals surface area contributed by atoms with Crippen molar-refractivity contribution in [1.29, 1.82) is 0 Å². The van der Waals surface area contributed by atoms with E-state index in [1.807, 2.05) is 6.92 Å². The van der Waals surface area contributed by atoms with Gasteiger partial charge in [-0.25, -0.2) is 0 Å². The smallest absolute Gasteiger partial charge is 0.320 e. The molecule has 3 N–H and O–H groups in total. The maximum Gasteiger partial charge on any atom is 0.320 e. The quantitative estimate of drug-likeness (QED) is 0.696. The summed E-state index contributed by atoms with van der Waals surface area (Å²) in [7, 11) is 0. The van der Waals surface area contributed by atoms with Crippen LogP contribution in [0.2, 0.25) is 5.02 Å². The predicted octanol–water partition coefficient (Wildman–Crippen LogP) is 2.88. The molecule has 0 aromatic heterocycles. The molecule has 1 atom stereocenters. The van der Waals surface area contributed by atoms with E-state index in [2.05, 4.69) is 26.6 Å². The van der Waals surface area contributed by atoms with Crippen LogP contribution in [-0.4, -0.2) is 29.6 Å². The van der Waals surface area contributed by atoms with E-state index >= 15 is 0 Å². The van der Waals surface area contributed by atoms with Crippen LogP contribution in [0.5, 0.6) is 0 Å². The topological polar surface area (TPSA) is 78.4 Å². The van der Waals surface area contributed by atoms with Crippen LogP contribution in [0, 0.1) is 0 Å². The number of rotatable bonds is 7. The maximum atomic E-state index is 11.7. The third kappa shape index (κ3) is 5.48. The van der Waals surface area contributed by atoms with Crippen molar-refractivity contribution in [2.45, 2.75) is 25.8 Å². The molecular formula is C13H16BrClN2O3. The van der Waals surface area contributed by atoms with Gasteiger partial charge in [0, 0.05) is 4.47 Å². The zero-order valence-corrected chi connectivity index (χ0v) is 13.3. The molecule has 0 fully saturated rings. The fourth-order valence-corrected chi connectivity index (χ4v) is 2.32. The normalized spacial score (nSPS) is 11.9. The maximum absolute atomic E-state index is 11.7. The monoisotopic (exact) mass is 362 g/mol. The Bertz CT molecular complexity index is 497. The lowest BCUT2D eigenvalue weighted by molar-refractivity contribution is -0.139. The van der Waals surface area contributed by atoms with Gasteiger partial charge in [-0.2, -0.15) is 0 Å². The van der Waals surface area contributed by atoms with Gasteiger partial charge in [0.15, 0.2) is 0 Å². The largest absolute Gasteiger partial charge is 0.480 e. The minimum absolute atomic E-state index is 0.0800. The van der Waals surface area contributed by atoms with Crippen LogP contribution in [0.3, 0.4) is 0 Å². The van der Waals surface area contributed by atoms with Crippen LogP contribution < -0.4 is 10.6 Å². The number of carboxylic acid groups (broad SMARTS) is 1. The Labute approximate surface area is 130 Å². The summed E-state index contributed by atoms with van der Waals surface area (Å²) < 4.78 is 0.813. The highest BCUT2D eigenvalue weighted by Crippen LogP contribution is 2.25. The molecule has 0 heterocycles. The zero-order chi connectivity index (χ0) is 15.1. The average molecular weight is 364 g/mol. The summed E-state index contributed by atoms with van der Waals surface area (Å²) in [5, 5.41) is 14.7. The zero-order valence-electron chi connectivity index (χ0n) is 11.0. The third-order valence-corrected chi connectivity index (χ3v) is 3.40. The number of amides is 1. The van der Waals surface area contributed by atoms with Crippen molar-refractivity contribution in [3.63, 3.8) is 0 Å². The summed E-state index contributed by atoms with van der Waals surface area (Å²) in [5.74, 6) is -1.29.